The van der Waals surface area contributed by atoms with Crippen molar-refractivity contribution in [1.29, 1.82) is 0 Å². The lowest BCUT2D eigenvalue weighted by Crippen LogP contribution is -2.59. The number of carboxylic acid groups (broad SMARTS) is 2. The maximum absolute atomic E-state index is 14.0. The van der Waals surface area contributed by atoms with Crippen molar-refractivity contribution in [3.63, 3.8) is 0 Å². The number of nitrogens with zero attached hydrogens (tertiary/aromatic N) is 3. The lowest BCUT2D eigenvalue weighted by Gasteiger charge is -2.41. The van der Waals surface area contributed by atoms with E-state index in [0.29, 0.717) is 13.0 Å². The maximum Gasteiger partial charge on any atom is 0.490 e. The van der Waals surface area contributed by atoms with Crippen molar-refractivity contribution < 1.29 is 56.8 Å². The Hall–Kier alpha value is -2.98. The molecule has 16 heteroatoms. The molecule has 0 aliphatic carbocycles. The molecule has 13 nitrogen and oxygen atoms in total. The highest BCUT2D eigenvalue weighted by atomic mass is 19.4. The SMILES string of the molecule is CC[C@H](C)[C@@H]([C@@H](CC(=O)N1CCC[C@H]1[C@H](OC)[C@@H](C)C(=O)O)OC)N(C)C(=O)[C@@H](NC(=O)[C@@H]1CCCCN1C)C(C)C.O=C(O)C(F)(F)F. The van der Waals surface area contributed by atoms with Gasteiger partial charge in [0.15, 0.2) is 0 Å². The molecule has 0 spiro atoms. The standard InChI is InChI=1S/C31H56N4O7.C2HF3O2/c1-10-20(4)27(34(7)30(38)26(19(2)3)32-29(37)23-14-11-12-16-33(23)6)24(41-8)18-25(36)35-17-13-15-22(35)28(42-9)21(5)31(39)40;3-2(4,5)1(6)7/h19-24,26-28H,10-18H2,1-9H3,(H,32,37)(H,39,40);(H,6,7)/t20-,21+,22-,23-,24+,26-,27-,28+;/m0./s1. The van der Waals surface area contributed by atoms with Gasteiger partial charge in [0, 0.05) is 27.8 Å². The number of carbonyl (C=O) groups excluding carboxylic acids is 3. The van der Waals surface area contributed by atoms with Gasteiger partial charge in [-0.05, 0) is 58.0 Å². The zero-order valence-electron chi connectivity index (χ0n) is 30.3. The van der Waals surface area contributed by atoms with Gasteiger partial charge in [-0.2, -0.15) is 13.2 Å². The van der Waals surface area contributed by atoms with Gasteiger partial charge in [-0.15, -0.1) is 0 Å². The van der Waals surface area contributed by atoms with Crippen LogP contribution in [0.15, 0.2) is 0 Å². The molecule has 0 bridgehead atoms. The summed E-state index contributed by atoms with van der Waals surface area (Å²) in [4.78, 5) is 67.0. The fourth-order valence-corrected chi connectivity index (χ4v) is 6.69. The molecule has 2 saturated heterocycles. The number of rotatable bonds is 15. The molecule has 2 rings (SSSR count). The number of carboxylic acids is 2. The molecular weight excluding hydrogens is 653 g/mol. The lowest BCUT2D eigenvalue weighted by molar-refractivity contribution is -0.192. The number of ether oxygens (including phenoxy) is 2. The van der Waals surface area contributed by atoms with Gasteiger partial charge in [-0.3, -0.25) is 24.1 Å². The average Bonchev–Trinajstić information content (AvgIpc) is 3.52. The molecule has 0 saturated carbocycles. The van der Waals surface area contributed by atoms with Gasteiger partial charge in [0.2, 0.25) is 17.7 Å². The van der Waals surface area contributed by atoms with E-state index < -0.39 is 48.3 Å². The molecular formula is C33H57F3N4O9. The van der Waals surface area contributed by atoms with E-state index in [1.165, 1.54) is 7.11 Å². The molecule has 0 unspecified atom stereocenters. The molecule has 0 aromatic heterocycles. The van der Waals surface area contributed by atoms with Gasteiger partial charge in [0.1, 0.15) is 6.04 Å². The van der Waals surface area contributed by atoms with Gasteiger partial charge in [-0.1, -0.05) is 40.5 Å². The Bertz CT molecular complexity index is 1110. The first-order valence-corrected chi connectivity index (χ1v) is 16.9. The van der Waals surface area contributed by atoms with Crippen molar-refractivity contribution >= 4 is 29.7 Å². The van der Waals surface area contributed by atoms with Crippen molar-refractivity contribution in [3.8, 4) is 0 Å². The fourth-order valence-electron chi connectivity index (χ4n) is 6.69. The molecule has 0 radical (unpaired) electrons. The topological polar surface area (TPSA) is 166 Å². The third kappa shape index (κ3) is 12.4. The highest BCUT2D eigenvalue weighted by Crippen LogP contribution is 2.29. The lowest BCUT2D eigenvalue weighted by atomic mass is 9.89. The second kappa shape index (κ2) is 20.0. The van der Waals surface area contributed by atoms with Crippen LogP contribution in [0, 0.1) is 17.8 Å². The Balaban J connectivity index is 0.00000154. The van der Waals surface area contributed by atoms with Crippen LogP contribution in [-0.2, 0) is 33.4 Å². The number of alkyl halides is 3. The third-order valence-electron chi connectivity index (χ3n) is 9.78. The van der Waals surface area contributed by atoms with Gasteiger partial charge < -0.3 is 34.8 Å². The summed E-state index contributed by atoms with van der Waals surface area (Å²) >= 11 is 0. The van der Waals surface area contributed by atoms with Gasteiger partial charge in [0.05, 0.1) is 42.7 Å². The number of hydrogen-bond donors (Lipinski definition) is 3. The molecule has 2 fully saturated rings. The highest BCUT2D eigenvalue weighted by molar-refractivity contribution is 5.90. The Morgan fingerprint density at radius 3 is 2.00 bits per heavy atom. The summed E-state index contributed by atoms with van der Waals surface area (Å²) in [6.45, 7) is 10.9. The van der Waals surface area contributed by atoms with E-state index >= 15 is 0 Å². The highest BCUT2D eigenvalue weighted by Gasteiger charge is 2.43. The van der Waals surface area contributed by atoms with Crippen LogP contribution in [0.1, 0.15) is 79.6 Å². The van der Waals surface area contributed by atoms with Crippen LogP contribution in [0.3, 0.4) is 0 Å². The maximum atomic E-state index is 14.0. The Morgan fingerprint density at radius 2 is 1.55 bits per heavy atom. The fraction of sp³-hybridized carbons (Fsp3) is 0.848. The van der Waals surface area contributed by atoms with Crippen molar-refractivity contribution in [1.82, 2.24) is 20.0 Å². The van der Waals surface area contributed by atoms with Crippen LogP contribution in [0.4, 0.5) is 13.2 Å². The molecule has 49 heavy (non-hydrogen) atoms. The number of carbonyl (C=O) groups is 5. The number of halogens is 3. The third-order valence-corrected chi connectivity index (χ3v) is 9.78. The first kappa shape index (κ1) is 44.0. The molecule has 2 aliphatic heterocycles. The molecule has 0 aromatic carbocycles. The minimum atomic E-state index is -5.08. The summed E-state index contributed by atoms with van der Waals surface area (Å²) in [7, 11) is 6.72. The first-order chi connectivity index (χ1) is 22.7. The summed E-state index contributed by atoms with van der Waals surface area (Å²) in [6.07, 6.45) is -1.24. The van der Waals surface area contributed by atoms with E-state index in [2.05, 4.69) is 10.2 Å². The number of piperidine rings is 1. The number of amides is 3. The quantitative estimate of drug-likeness (QED) is 0.230. The van der Waals surface area contributed by atoms with E-state index in [-0.39, 0.29) is 48.1 Å². The second-order valence-electron chi connectivity index (χ2n) is 13.5. The van der Waals surface area contributed by atoms with Crippen LogP contribution < -0.4 is 5.32 Å². The monoisotopic (exact) mass is 710 g/mol. The van der Waals surface area contributed by atoms with Crippen molar-refractivity contribution in [2.45, 2.75) is 122 Å². The second-order valence-corrected chi connectivity index (χ2v) is 13.5. The summed E-state index contributed by atoms with van der Waals surface area (Å²) in [6, 6.07) is -1.71. The van der Waals surface area contributed by atoms with Crippen LogP contribution >= 0.6 is 0 Å². The molecule has 2 aliphatic rings. The predicted octanol–water partition coefficient (Wildman–Crippen LogP) is 3.25. The summed E-state index contributed by atoms with van der Waals surface area (Å²) in [5.74, 6) is -5.08. The summed E-state index contributed by atoms with van der Waals surface area (Å²) in [5.41, 5.74) is 0. The van der Waals surface area contributed by atoms with Crippen LogP contribution in [0.2, 0.25) is 0 Å². The van der Waals surface area contributed by atoms with Crippen LogP contribution in [-0.4, -0.2) is 139 Å². The van der Waals surface area contributed by atoms with Gasteiger partial charge in [-0.25, -0.2) is 4.79 Å². The van der Waals surface area contributed by atoms with E-state index in [0.717, 1.165) is 38.6 Å². The van der Waals surface area contributed by atoms with E-state index in [9.17, 15) is 37.5 Å². The van der Waals surface area contributed by atoms with Crippen LogP contribution in [0.5, 0.6) is 0 Å². The van der Waals surface area contributed by atoms with Crippen molar-refractivity contribution in [3.05, 3.63) is 0 Å². The molecule has 2 heterocycles. The Morgan fingerprint density at radius 1 is 0.959 bits per heavy atom. The molecule has 0 aromatic rings. The number of methoxy groups -OCH3 is 2. The molecule has 8 atom stereocenters. The van der Waals surface area contributed by atoms with Crippen molar-refractivity contribution in [2.75, 3.05) is 41.4 Å². The summed E-state index contributed by atoms with van der Waals surface area (Å²) < 4.78 is 43.2. The number of likely N-dealkylation sites (N-methyl/N-ethyl adjacent to an activating group) is 2. The van der Waals surface area contributed by atoms with Crippen LogP contribution in [0.25, 0.3) is 0 Å². The van der Waals surface area contributed by atoms with Gasteiger partial charge >= 0.3 is 18.1 Å². The van der Waals surface area contributed by atoms with E-state index in [1.807, 2.05) is 34.7 Å². The zero-order valence-corrected chi connectivity index (χ0v) is 30.3. The zero-order chi connectivity index (χ0) is 37.8. The molecule has 3 N–H and O–H groups in total. The first-order valence-electron chi connectivity index (χ1n) is 16.9. The van der Waals surface area contributed by atoms with E-state index in [1.54, 1.807) is 30.9 Å². The normalized spacial score (nSPS) is 22.2. The summed E-state index contributed by atoms with van der Waals surface area (Å²) in [5, 5.41) is 19.8. The predicted molar refractivity (Wildman–Crippen MR) is 174 cm³/mol. The molecule has 3 amide bonds. The Kier molecular flexibility index (Phi) is 18.0. The smallest absolute Gasteiger partial charge is 0.481 e. The number of nitrogens with one attached hydrogen (secondary N) is 1. The van der Waals surface area contributed by atoms with Gasteiger partial charge in [0.25, 0.3) is 0 Å². The minimum absolute atomic E-state index is 0.0119. The van der Waals surface area contributed by atoms with E-state index in [4.69, 9.17) is 19.4 Å². The number of hydrogen-bond acceptors (Lipinski definition) is 8. The van der Waals surface area contributed by atoms with Crippen molar-refractivity contribution in [2.24, 2.45) is 17.8 Å². The minimum Gasteiger partial charge on any atom is -0.481 e. The Labute approximate surface area is 287 Å². The average molecular weight is 711 g/mol. The number of likely N-dealkylation sites (tertiary alicyclic amines) is 2. The number of aliphatic carboxylic acids is 2. The molecule has 284 valence electrons. The largest absolute Gasteiger partial charge is 0.490 e.